The molecule has 26 heavy (non-hydrogen) atoms. The lowest BCUT2D eigenvalue weighted by Gasteiger charge is -2.31. The van der Waals surface area contributed by atoms with Crippen LogP contribution in [0.15, 0.2) is 54.7 Å². The van der Waals surface area contributed by atoms with Crippen LogP contribution < -0.4 is 10.6 Å². The van der Waals surface area contributed by atoms with E-state index in [1.807, 2.05) is 30.3 Å². The van der Waals surface area contributed by atoms with E-state index in [4.69, 9.17) is 5.32 Å². The lowest BCUT2D eigenvalue weighted by atomic mass is 9.84. The van der Waals surface area contributed by atoms with Gasteiger partial charge in [-0.15, -0.1) is 0 Å². The molecule has 4 rings (SSSR count). The summed E-state index contributed by atoms with van der Waals surface area (Å²) in [6.07, 6.45) is 2.37. The van der Waals surface area contributed by atoms with Gasteiger partial charge >= 0.3 is 0 Å². The number of nitrogens with zero attached hydrogens (tertiary/aromatic N) is 2. The molecule has 5 heteroatoms. The monoisotopic (exact) mass is 352 g/mol. The SMILES string of the molecule is Fc1ccc(C(Cc2cccc3cccnc23)C2CNCC[N]2)c(F)c1. The number of pyridine rings is 1. The van der Waals surface area contributed by atoms with Crippen molar-refractivity contribution in [1.82, 2.24) is 15.6 Å². The zero-order chi connectivity index (χ0) is 17.9. The van der Waals surface area contributed by atoms with Gasteiger partial charge in [-0.05, 0) is 29.7 Å². The minimum absolute atomic E-state index is 0.0531. The van der Waals surface area contributed by atoms with Gasteiger partial charge < -0.3 is 5.32 Å². The number of rotatable bonds is 4. The van der Waals surface area contributed by atoms with Crippen molar-refractivity contribution in [2.24, 2.45) is 0 Å². The van der Waals surface area contributed by atoms with Gasteiger partial charge in [0.05, 0.1) is 5.52 Å². The van der Waals surface area contributed by atoms with E-state index in [2.05, 4.69) is 10.3 Å². The van der Waals surface area contributed by atoms with Crippen LogP contribution in [0.5, 0.6) is 0 Å². The maximum absolute atomic E-state index is 14.6. The van der Waals surface area contributed by atoms with Crippen LogP contribution in [0, 0.1) is 11.6 Å². The zero-order valence-electron chi connectivity index (χ0n) is 14.3. The molecule has 3 nitrogen and oxygen atoms in total. The predicted octanol–water partition coefficient (Wildman–Crippen LogP) is 3.42. The second-order valence-electron chi connectivity index (χ2n) is 6.65. The summed E-state index contributed by atoms with van der Waals surface area (Å²) in [5, 5.41) is 9.09. The Morgan fingerprint density at radius 2 is 2.00 bits per heavy atom. The van der Waals surface area contributed by atoms with Crippen LogP contribution in [-0.2, 0) is 6.42 Å². The van der Waals surface area contributed by atoms with Crippen LogP contribution in [0.2, 0.25) is 0 Å². The third-order valence-electron chi connectivity index (χ3n) is 4.99. The summed E-state index contributed by atoms with van der Waals surface area (Å²) in [7, 11) is 0. The van der Waals surface area contributed by atoms with Gasteiger partial charge in [-0.3, -0.25) is 4.98 Å². The molecule has 1 aliphatic rings. The van der Waals surface area contributed by atoms with Gasteiger partial charge in [0.15, 0.2) is 0 Å². The Morgan fingerprint density at radius 3 is 2.81 bits per heavy atom. The van der Waals surface area contributed by atoms with Crippen LogP contribution in [0.3, 0.4) is 0 Å². The molecule has 2 unspecified atom stereocenters. The number of hydrogen-bond acceptors (Lipinski definition) is 2. The normalized spacial score (nSPS) is 18.8. The Labute approximate surface area is 151 Å². The molecule has 3 aromatic rings. The minimum Gasteiger partial charge on any atom is -0.314 e. The van der Waals surface area contributed by atoms with E-state index in [1.54, 1.807) is 12.3 Å². The van der Waals surface area contributed by atoms with Crippen molar-refractivity contribution >= 4 is 10.9 Å². The highest BCUT2D eigenvalue weighted by atomic mass is 19.1. The average Bonchev–Trinajstić information content (AvgIpc) is 2.67. The van der Waals surface area contributed by atoms with Crippen molar-refractivity contribution in [1.29, 1.82) is 0 Å². The van der Waals surface area contributed by atoms with Crippen molar-refractivity contribution in [2.45, 2.75) is 18.4 Å². The standard InChI is InChI=1S/C21H20F2N3/c22-16-6-7-17(19(23)12-16)18(20-13-24-9-10-25-20)11-15-4-1-3-14-5-2-8-26-21(14)15/h1-8,12,18,20,24H,9-11,13H2. The third kappa shape index (κ3) is 3.45. The van der Waals surface area contributed by atoms with Crippen molar-refractivity contribution in [2.75, 3.05) is 19.6 Å². The summed E-state index contributed by atoms with van der Waals surface area (Å²) >= 11 is 0. The lowest BCUT2D eigenvalue weighted by Crippen LogP contribution is -2.47. The molecule has 1 radical (unpaired) electrons. The Hall–Kier alpha value is -2.37. The third-order valence-corrected chi connectivity index (χ3v) is 4.99. The number of para-hydroxylation sites is 1. The Bertz CT molecular complexity index is 901. The molecule has 1 fully saturated rings. The summed E-state index contributed by atoms with van der Waals surface area (Å²) in [5.41, 5.74) is 2.49. The summed E-state index contributed by atoms with van der Waals surface area (Å²) in [4.78, 5) is 4.51. The predicted molar refractivity (Wildman–Crippen MR) is 98.2 cm³/mol. The molecule has 2 atom stereocenters. The number of nitrogens with one attached hydrogen (secondary N) is 1. The fraction of sp³-hybridized carbons (Fsp3) is 0.286. The molecule has 2 heterocycles. The van der Waals surface area contributed by atoms with Gasteiger partial charge in [0, 0.05) is 49.2 Å². The molecule has 2 aromatic carbocycles. The highest BCUT2D eigenvalue weighted by Crippen LogP contribution is 2.30. The first-order chi connectivity index (χ1) is 12.7. The zero-order valence-corrected chi connectivity index (χ0v) is 14.3. The van der Waals surface area contributed by atoms with Crippen LogP contribution in [0.25, 0.3) is 10.9 Å². The Balaban J connectivity index is 1.75. The van der Waals surface area contributed by atoms with E-state index < -0.39 is 11.6 Å². The second-order valence-corrected chi connectivity index (χ2v) is 6.65. The molecule has 1 saturated heterocycles. The molecule has 0 bridgehead atoms. The van der Waals surface area contributed by atoms with Gasteiger partial charge in [0.25, 0.3) is 0 Å². The fourth-order valence-corrected chi connectivity index (χ4v) is 3.72. The summed E-state index contributed by atoms with van der Waals surface area (Å²) < 4.78 is 28.0. The van der Waals surface area contributed by atoms with E-state index in [0.29, 0.717) is 25.1 Å². The van der Waals surface area contributed by atoms with Gasteiger partial charge in [0.2, 0.25) is 0 Å². The fourth-order valence-electron chi connectivity index (χ4n) is 3.72. The van der Waals surface area contributed by atoms with Crippen molar-refractivity contribution in [3.05, 3.63) is 77.5 Å². The van der Waals surface area contributed by atoms with E-state index in [0.717, 1.165) is 29.1 Å². The molecular formula is C21H20F2N3. The summed E-state index contributed by atoms with van der Waals surface area (Å²) in [5.74, 6) is -1.24. The number of hydrogen-bond donors (Lipinski definition) is 1. The largest absolute Gasteiger partial charge is 0.314 e. The first kappa shape index (κ1) is 17.1. The highest BCUT2D eigenvalue weighted by Gasteiger charge is 2.29. The Morgan fingerprint density at radius 1 is 1.12 bits per heavy atom. The van der Waals surface area contributed by atoms with Crippen molar-refractivity contribution in [3.63, 3.8) is 0 Å². The number of halogens is 2. The van der Waals surface area contributed by atoms with Gasteiger partial charge in [0.1, 0.15) is 11.6 Å². The molecule has 0 saturated carbocycles. The minimum atomic E-state index is -0.560. The van der Waals surface area contributed by atoms with Crippen LogP contribution in [0.1, 0.15) is 17.0 Å². The van der Waals surface area contributed by atoms with E-state index in [9.17, 15) is 8.78 Å². The smallest absolute Gasteiger partial charge is 0.129 e. The number of fused-ring (bicyclic) bond motifs is 1. The topological polar surface area (TPSA) is 39.0 Å². The highest BCUT2D eigenvalue weighted by molar-refractivity contribution is 5.81. The van der Waals surface area contributed by atoms with E-state index in [-0.39, 0.29) is 12.0 Å². The molecular weight excluding hydrogens is 332 g/mol. The second kappa shape index (κ2) is 7.48. The molecule has 0 aliphatic carbocycles. The average molecular weight is 352 g/mol. The van der Waals surface area contributed by atoms with Crippen LogP contribution in [0.4, 0.5) is 8.78 Å². The molecule has 133 valence electrons. The van der Waals surface area contributed by atoms with Gasteiger partial charge in [-0.1, -0.05) is 30.3 Å². The number of piperazine rings is 1. The molecule has 1 aromatic heterocycles. The lowest BCUT2D eigenvalue weighted by molar-refractivity contribution is 0.351. The quantitative estimate of drug-likeness (QED) is 0.781. The summed E-state index contributed by atoms with van der Waals surface area (Å²) in [6.45, 7) is 2.24. The molecule has 0 spiro atoms. The van der Waals surface area contributed by atoms with Crippen LogP contribution in [-0.4, -0.2) is 30.7 Å². The number of aromatic nitrogens is 1. The van der Waals surface area contributed by atoms with Crippen molar-refractivity contribution < 1.29 is 8.78 Å². The maximum Gasteiger partial charge on any atom is 0.129 e. The first-order valence-electron chi connectivity index (χ1n) is 8.87. The van der Waals surface area contributed by atoms with Gasteiger partial charge in [-0.25, -0.2) is 14.1 Å². The number of benzene rings is 2. The van der Waals surface area contributed by atoms with Crippen molar-refractivity contribution in [3.8, 4) is 0 Å². The van der Waals surface area contributed by atoms with E-state index >= 15 is 0 Å². The Kier molecular flexibility index (Phi) is 4.91. The van der Waals surface area contributed by atoms with Crippen LogP contribution >= 0.6 is 0 Å². The molecule has 1 aliphatic heterocycles. The van der Waals surface area contributed by atoms with E-state index in [1.165, 1.54) is 6.07 Å². The van der Waals surface area contributed by atoms with Gasteiger partial charge in [-0.2, -0.15) is 0 Å². The first-order valence-corrected chi connectivity index (χ1v) is 8.87. The molecule has 0 amide bonds. The maximum atomic E-state index is 14.6. The molecule has 1 N–H and O–H groups in total. The summed E-state index contributed by atoms with van der Waals surface area (Å²) in [6, 6.07) is 13.7.